The van der Waals surface area contributed by atoms with Crippen molar-refractivity contribution in [2.24, 2.45) is 0 Å². The zero-order chi connectivity index (χ0) is 23.7. The minimum absolute atomic E-state index is 0.158. The smallest absolute Gasteiger partial charge is 0.226 e. The number of methoxy groups -OCH3 is 4. The average Bonchev–Trinajstić information content (AvgIpc) is 3.35. The van der Waals surface area contributed by atoms with E-state index in [4.69, 9.17) is 18.9 Å². The van der Waals surface area contributed by atoms with Crippen LogP contribution < -0.4 is 24.3 Å². The third-order valence-corrected chi connectivity index (χ3v) is 6.41. The first-order valence-electron chi connectivity index (χ1n) is 11.2. The van der Waals surface area contributed by atoms with Gasteiger partial charge in [-0.3, -0.25) is 0 Å². The molecule has 8 nitrogen and oxygen atoms in total. The monoisotopic (exact) mass is 460 g/mol. The summed E-state index contributed by atoms with van der Waals surface area (Å²) in [5, 5.41) is 8.09. The molecule has 2 aliphatic rings. The lowest BCUT2D eigenvalue weighted by atomic mass is 9.83. The number of benzene rings is 2. The highest BCUT2D eigenvalue weighted by molar-refractivity contribution is 5.70. The molecular weight excluding hydrogens is 432 g/mol. The first-order valence-corrected chi connectivity index (χ1v) is 11.2. The molecule has 0 saturated carbocycles. The van der Waals surface area contributed by atoms with Crippen LogP contribution in [0.15, 0.2) is 59.6 Å². The Morgan fingerprint density at radius 2 is 1.65 bits per heavy atom. The molecule has 3 aromatic rings. The normalized spacial score (nSPS) is 18.1. The number of allylic oxidation sites excluding steroid dienone is 2. The molecular formula is C26H28N4O4. The number of hydrogen-bond donors (Lipinski definition) is 1. The van der Waals surface area contributed by atoms with Crippen molar-refractivity contribution in [2.45, 2.75) is 25.3 Å². The summed E-state index contributed by atoms with van der Waals surface area (Å²) in [4.78, 5) is 4.49. The van der Waals surface area contributed by atoms with Gasteiger partial charge in [0, 0.05) is 16.8 Å². The fourth-order valence-electron chi connectivity index (χ4n) is 4.95. The van der Waals surface area contributed by atoms with Gasteiger partial charge in [0.25, 0.3) is 0 Å². The molecule has 0 spiro atoms. The number of anilines is 1. The number of fused-ring (bicyclic) bond motifs is 1. The van der Waals surface area contributed by atoms with Crippen molar-refractivity contribution >= 4 is 12.0 Å². The van der Waals surface area contributed by atoms with Gasteiger partial charge in [0.2, 0.25) is 5.95 Å². The van der Waals surface area contributed by atoms with Gasteiger partial charge >= 0.3 is 0 Å². The van der Waals surface area contributed by atoms with Crippen molar-refractivity contribution < 1.29 is 18.9 Å². The van der Waals surface area contributed by atoms with Crippen LogP contribution in [-0.4, -0.2) is 43.2 Å². The lowest BCUT2D eigenvalue weighted by Gasteiger charge is -2.35. The Morgan fingerprint density at radius 3 is 2.38 bits per heavy atom. The molecule has 0 saturated heterocycles. The van der Waals surface area contributed by atoms with Crippen LogP contribution >= 0.6 is 0 Å². The Kier molecular flexibility index (Phi) is 5.88. The molecule has 1 atom stereocenters. The fraction of sp³-hybridized carbons (Fsp3) is 0.308. The second-order valence-corrected chi connectivity index (χ2v) is 8.14. The van der Waals surface area contributed by atoms with Gasteiger partial charge in [0.15, 0.2) is 23.0 Å². The largest absolute Gasteiger partial charge is 0.493 e. The third kappa shape index (κ3) is 3.55. The highest BCUT2D eigenvalue weighted by Crippen LogP contribution is 2.47. The first-order chi connectivity index (χ1) is 16.7. The van der Waals surface area contributed by atoms with Crippen LogP contribution in [0.3, 0.4) is 0 Å². The van der Waals surface area contributed by atoms with Crippen molar-refractivity contribution in [3.8, 4) is 23.0 Å². The molecule has 1 aliphatic carbocycles. The minimum Gasteiger partial charge on any atom is -0.493 e. The van der Waals surface area contributed by atoms with Crippen molar-refractivity contribution in [1.82, 2.24) is 14.8 Å². The molecule has 5 rings (SSSR count). The first kappa shape index (κ1) is 21.9. The summed E-state index contributed by atoms with van der Waals surface area (Å²) in [7, 11) is 6.63. The van der Waals surface area contributed by atoms with Crippen molar-refractivity contribution in [2.75, 3.05) is 33.8 Å². The molecule has 0 radical (unpaired) electrons. The summed E-state index contributed by atoms with van der Waals surface area (Å²) in [5.74, 6) is 3.51. The van der Waals surface area contributed by atoms with Gasteiger partial charge in [0.1, 0.15) is 12.4 Å². The Labute approximate surface area is 198 Å². The van der Waals surface area contributed by atoms with Crippen molar-refractivity contribution in [3.05, 3.63) is 70.7 Å². The predicted molar refractivity (Wildman–Crippen MR) is 130 cm³/mol. The van der Waals surface area contributed by atoms with Crippen molar-refractivity contribution in [1.29, 1.82) is 0 Å². The van der Waals surface area contributed by atoms with Gasteiger partial charge in [-0.25, -0.2) is 4.68 Å². The van der Waals surface area contributed by atoms with Gasteiger partial charge in [0.05, 0.1) is 28.4 Å². The molecule has 8 heteroatoms. The number of ether oxygens (including phenoxy) is 4. The molecule has 1 unspecified atom stereocenters. The van der Waals surface area contributed by atoms with E-state index in [9.17, 15) is 0 Å². The Morgan fingerprint density at radius 1 is 0.912 bits per heavy atom. The molecule has 1 aliphatic heterocycles. The lowest BCUT2D eigenvalue weighted by molar-refractivity contribution is 0.347. The van der Waals surface area contributed by atoms with Crippen LogP contribution in [0.1, 0.15) is 36.4 Å². The van der Waals surface area contributed by atoms with E-state index in [1.54, 1.807) is 34.8 Å². The van der Waals surface area contributed by atoms with Crippen molar-refractivity contribution in [3.63, 3.8) is 0 Å². The second kappa shape index (κ2) is 9.13. The summed E-state index contributed by atoms with van der Waals surface area (Å²) in [5.41, 5.74) is 5.46. The quantitative estimate of drug-likeness (QED) is 0.563. The van der Waals surface area contributed by atoms with Gasteiger partial charge in [-0.15, -0.1) is 0 Å². The Hall–Kier alpha value is -3.94. The molecule has 1 N–H and O–H groups in total. The summed E-state index contributed by atoms with van der Waals surface area (Å²) in [6, 6.07) is 11.7. The zero-order valence-corrected chi connectivity index (χ0v) is 19.8. The average molecular weight is 461 g/mol. The maximum absolute atomic E-state index is 5.80. The summed E-state index contributed by atoms with van der Waals surface area (Å²) >= 11 is 0. The third-order valence-electron chi connectivity index (χ3n) is 6.41. The van der Waals surface area contributed by atoms with Crippen LogP contribution in [0.5, 0.6) is 23.0 Å². The van der Waals surface area contributed by atoms with E-state index in [1.165, 1.54) is 11.1 Å². The Bertz CT molecular complexity index is 1280. The number of nitrogens with one attached hydrogen (secondary N) is 1. The number of hydrogen-bond acceptors (Lipinski definition) is 7. The maximum Gasteiger partial charge on any atom is 0.226 e. The van der Waals surface area contributed by atoms with Gasteiger partial charge in [-0.2, -0.15) is 10.1 Å². The number of rotatable bonds is 6. The summed E-state index contributed by atoms with van der Waals surface area (Å²) in [6.45, 7) is 0. The van der Waals surface area contributed by atoms with Gasteiger partial charge in [-0.1, -0.05) is 24.3 Å². The highest BCUT2D eigenvalue weighted by atomic mass is 16.5. The van der Waals surface area contributed by atoms with E-state index < -0.39 is 0 Å². The standard InChI is InChI=1S/C26H28N4O4/c1-31-20-12-6-9-17(24(20)33-3)14-16-8-5-10-18-22(16)29-26-27-15-28-30(26)23(18)19-11-7-13-21(32-2)25(19)34-4/h6-7,9,11-15,23H,5,8,10H2,1-4H3,(H,27,28,29). The van der Waals surface area contributed by atoms with E-state index in [2.05, 4.69) is 27.5 Å². The molecule has 2 heterocycles. The topological polar surface area (TPSA) is 79.7 Å². The number of para-hydroxylation sites is 2. The van der Waals surface area contributed by atoms with Crippen LogP contribution in [0.25, 0.3) is 6.08 Å². The molecule has 1 aromatic heterocycles. The van der Waals surface area contributed by atoms with E-state index in [1.807, 2.05) is 35.0 Å². The molecule has 0 amide bonds. The van der Waals surface area contributed by atoms with E-state index in [0.717, 1.165) is 41.8 Å². The van der Waals surface area contributed by atoms with Crippen LogP contribution in [0.4, 0.5) is 5.95 Å². The SMILES string of the molecule is COc1cccc(C=C2CCCC3=C2Nc2ncnn2C3c2cccc(OC)c2OC)c1OC. The lowest BCUT2D eigenvalue weighted by Crippen LogP contribution is -2.28. The highest BCUT2D eigenvalue weighted by Gasteiger charge is 2.35. The van der Waals surface area contributed by atoms with E-state index >= 15 is 0 Å². The van der Waals surface area contributed by atoms with Gasteiger partial charge < -0.3 is 24.3 Å². The molecule has 0 bridgehead atoms. The van der Waals surface area contributed by atoms with Crippen LogP contribution in [0, 0.1) is 0 Å². The molecule has 0 fully saturated rings. The molecule has 2 aromatic carbocycles. The van der Waals surface area contributed by atoms with Crippen LogP contribution in [-0.2, 0) is 0 Å². The van der Waals surface area contributed by atoms with E-state index in [-0.39, 0.29) is 6.04 Å². The number of aromatic nitrogens is 3. The van der Waals surface area contributed by atoms with E-state index in [0.29, 0.717) is 23.2 Å². The molecule has 176 valence electrons. The zero-order valence-electron chi connectivity index (χ0n) is 19.8. The Balaban J connectivity index is 1.68. The van der Waals surface area contributed by atoms with Gasteiger partial charge in [-0.05, 0) is 48.6 Å². The minimum atomic E-state index is -0.158. The molecule has 34 heavy (non-hydrogen) atoms. The second-order valence-electron chi connectivity index (χ2n) is 8.14. The predicted octanol–water partition coefficient (Wildman–Crippen LogP) is 4.85. The fourth-order valence-corrected chi connectivity index (χ4v) is 4.95. The maximum atomic E-state index is 5.80. The van der Waals surface area contributed by atoms with Crippen LogP contribution in [0.2, 0.25) is 0 Å². The summed E-state index contributed by atoms with van der Waals surface area (Å²) in [6.07, 6.45) is 6.64. The number of nitrogens with zero attached hydrogens (tertiary/aromatic N) is 3. The summed E-state index contributed by atoms with van der Waals surface area (Å²) < 4.78 is 24.5.